The molecule has 8 nitrogen and oxygen atoms in total. The van der Waals surface area contributed by atoms with E-state index in [-0.39, 0.29) is 17.7 Å². The zero-order chi connectivity index (χ0) is 14.9. The minimum atomic E-state index is 0. The summed E-state index contributed by atoms with van der Waals surface area (Å²) in [6.45, 7) is 3.25. The van der Waals surface area contributed by atoms with Crippen molar-refractivity contribution < 1.29 is 0 Å². The van der Waals surface area contributed by atoms with Gasteiger partial charge in [-0.05, 0) is 17.7 Å². The van der Waals surface area contributed by atoms with E-state index in [9.17, 15) is 0 Å². The zero-order valence-electron chi connectivity index (χ0n) is 12.1. The highest BCUT2D eigenvalue weighted by atomic mass is 35.5. The van der Waals surface area contributed by atoms with Crippen molar-refractivity contribution in [2.75, 3.05) is 36.0 Å². The molecular formula is C13H14Cl2N8. The Bertz CT molecular complexity index is 785. The van der Waals surface area contributed by atoms with Gasteiger partial charge in [0.25, 0.3) is 0 Å². The summed E-state index contributed by atoms with van der Waals surface area (Å²) in [7, 11) is 0. The number of nitrogens with one attached hydrogen (secondary N) is 1. The average Bonchev–Trinajstić information content (AvgIpc) is 3.03. The number of hydrogen-bond acceptors (Lipinski definition) is 7. The Morgan fingerprint density at radius 2 is 1.65 bits per heavy atom. The summed E-state index contributed by atoms with van der Waals surface area (Å²) in [5.41, 5.74) is 1.40. The van der Waals surface area contributed by atoms with Gasteiger partial charge in [-0.25, -0.2) is 15.0 Å². The third-order valence-corrected chi connectivity index (χ3v) is 3.82. The molecule has 1 aliphatic rings. The second-order valence-corrected chi connectivity index (χ2v) is 5.28. The molecule has 0 atom stereocenters. The molecule has 1 aliphatic heterocycles. The first-order chi connectivity index (χ1) is 10.8. The van der Waals surface area contributed by atoms with Crippen LogP contribution in [-0.4, -0.2) is 56.1 Å². The quantitative estimate of drug-likeness (QED) is 0.700. The van der Waals surface area contributed by atoms with Gasteiger partial charge in [0, 0.05) is 38.6 Å². The smallest absolute Gasteiger partial charge is 0.226 e. The third kappa shape index (κ3) is 2.99. The summed E-state index contributed by atoms with van der Waals surface area (Å²) >= 11 is 5.99. The van der Waals surface area contributed by atoms with E-state index in [1.807, 2.05) is 6.07 Å². The molecule has 0 aromatic carbocycles. The first kappa shape index (κ1) is 15.7. The van der Waals surface area contributed by atoms with E-state index in [4.69, 9.17) is 11.6 Å². The van der Waals surface area contributed by atoms with Crippen molar-refractivity contribution in [2.24, 2.45) is 0 Å². The summed E-state index contributed by atoms with van der Waals surface area (Å²) in [4.78, 5) is 28.6. The summed E-state index contributed by atoms with van der Waals surface area (Å²) in [5, 5.41) is 0.212. The van der Waals surface area contributed by atoms with Gasteiger partial charge < -0.3 is 14.8 Å². The molecular weight excluding hydrogens is 339 g/mol. The largest absolute Gasteiger partial charge is 0.351 e. The summed E-state index contributed by atoms with van der Waals surface area (Å²) in [6.07, 6.45) is 5.12. The number of nitrogens with zero attached hydrogens (tertiary/aromatic N) is 7. The van der Waals surface area contributed by atoms with Crippen LogP contribution in [0.4, 0.5) is 11.8 Å². The van der Waals surface area contributed by atoms with Gasteiger partial charge in [-0.15, -0.1) is 12.4 Å². The highest BCUT2D eigenvalue weighted by molar-refractivity contribution is 6.28. The lowest BCUT2D eigenvalue weighted by atomic mass is 10.3. The number of halogens is 2. The Labute approximate surface area is 143 Å². The van der Waals surface area contributed by atoms with Crippen molar-refractivity contribution in [3.8, 4) is 0 Å². The van der Waals surface area contributed by atoms with Crippen molar-refractivity contribution >= 4 is 46.9 Å². The lowest BCUT2D eigenvalue weighted by molar-refractivity contribution is 0.635. The fourth-order valence-corrected chi connectivity index (χ4v) is 2.75. The predicted octanol–water partition coefficient (Wildman–Crippen LogP) is 1.54. The summed E-state index contributed by atoms with van der Waals surface area (Å²) < 4.78 is 0. The minimum absolute atomic E-state index is 0. The summed E-state index contributed by atoms with van der Waals surface area (Å²) in [6, 6.07) is 1.82. The average molecular weight is 353 g/mol. The fraction of sp³-hybridized carbons (Fsp3) is 0.308. The van der Waals surface area contributed by atoms with E-state index in [0.717, 1.165) is 43.5 Å². The van der Waals surface area contributed by atoms with Crippen LogP contribution in [0.2, 0.25) is 5.28 Å². The maximum Gasteiger partial charge on any atom is 0.226 e. The molecule has 4 rings (SSSR count). The molecule has 0 bridgehead atoms. The maximum absolute atomic E-state index is 5.99. The molecule has 23 heavy (non-hydrogen) atoms. The Hall–Kier alpha value is -2.19. The van der Waals surface area contributed by atoms with Crippen LogP contribution in [0, 0.1) is 0 Å². The second-order valence-electron chi connectivity index (χ2n) is 4.94. The number of aromatic amines is 1. The molecule has 0 radical (unpaired) electrons. The second kappa shape index (κ2) is 6.51. The fourth-order valence-electron chi connectivity index (χ4n) is 2.59. The van der Waals surface area contributed by atoms with Crippen LogP contribution in [0.15, 0.2) is 24.8 Å². The minimum Gasteiger partial charge on any atom is -0.351 e. The molecule has 1 saturated heterocycles. The maximum atomic E-state index is 5.99. The summed E-state index contributed by atoms with van der Waals surface area (Å²) in [5.74, 6) is 1.55. The highest BCUT2D eigenvalue weighted by Crippen LogP contribution is 2.24. The van der Waals surface area contributed by atoms with E-state index in [1.165, 1.54) is 0 Å². The standard InChI is InChI=1S/C13H13ClN8.ClH/c14-12-19-10-9(17-8-18-10)11(20-12)21-4-6-22(7-5-21)13-15-2-1-3-16-13;/h1-3,8H,4-7H2,(H,17,18,19,20);1H. The van der Waals surface area contributed by atoms with Crippen molar-refractivity contribution in [1.29, 1.82) is 0 Å². The number of fused-ring (bicyclic) bond motifs is 1. The third-order valence-electron chi connectivity index (χ3n) is 3.65. The van der Waals surface area contributed by atoms with Crippen LogP contribution in [0.5, 0.6) is 0 Å². The van der Waals surface area contributed by atoms with E-state index in [0.29, 0.717) is 5.65 Å². The van der Waals surface area contributed by atoms with Gasteiger partial charge in [0.15, 0.2) is 11.5 Å². The van der Waals surface area contributed by atoms with Gasteiger partial charge in [-0.1, -0.05) is 0 Å². The highest BCUT2D eigenvalue weighted by Gasteiger charge is 2.22. The monoisotopic (exact) mass is 352 g/mol. The number of piperazine rings is 1. The van der Waals surface area contributed by atoms with Crippen molar-refractivity contribution in [2.45, 2.75) is 0 Å². The Balaban J connectivity index is 0.00000156. The van der Waals surface area contributed by atoms with E-state index in [1.54, 1.807) is 18.7 Å². The Kier molecular flexibility index (Phi) is 4.44. The van der Waals surface area contributed by atoms with Crippen LogP contribution in [-0.2, 0) is 0 Å². The predicted molar refractivity (Wildman–Crippen MR) is 90.4 cm³/mol. The SMILES string of the molecule is Cl.Clc1nc(N2CCN(c3ncccn3)CC2)c2[nH]cnc2n1. The van der Waals surface area contributed by atoms with Crippen LogP contribution in [0.3, 0.4) is 0 Å². The topological polar surface area (TPSA) is 86.7 Å². The first-order valence-electron chi connectivity index (χ1n) is 6.95. The Morgan fingerprint density at radius 1 is 0.957 bits per heavy atom. The zero-order valence-corrected chi connectivity index (χ0v) is 13.6. The molecule has 4 heterocycles. The molecule has 3 aromatic rings. The van der Waals surface area contributed by atoms with Gasteiger partial charge >= 0.3 is 0 Å². The van der Waals surface area contributed by atoms with Gasteiger partial charge in [0.2, 0.25) is 11.2 Å². The van der Waals surface area contributed by atoms with Crippen LogP contribution in [0.1, 0.15) is 0 Å². The van der Waals surface area contributed by atoms with Gasteiger partial charge in [0.05, 0.1) is 6.33 Å². The van der Waals surface area contributed by atoms with E-state index >= 15 is 0 Å². The Morgan fingerprint density at radius 3 is 2.39 bits per heavy atom. The van der Waals surface area contributed by atoms with Crippen LogP contribution >= 0.6 is 24.0 Å². The number of anilines is 2. The lowest BCUT2D eigenvalue weighted by Crippen LogP contribution is -2.47. The molecule has 0 saturated carbocycles. The van der Waals surface area contributed by atoms with Crippen LogP contribution < -0.4 is 9.80 Å². The number of imidazole rings is 1. The van der Waals surface area contributed by atoms with Gasteiger partial charge in [0.1, 0.15) is 5.52 Å². The van der Waals surface area contributed by atoms with E-state index in [2.05, 4.69) is 39.7 Å². The number of hydrogen-bond donors (Lipinski definition) is 1. The van der Waals surface area contributed by atoms with Gasteiger partial charge in [-0.3, -0.25) is 0 Å². The van der Waals surface area contributed by atoms with Crippen molar-refractivity contribution in [1.82, 2.24) is 29.9 Å². The molecule has 120 valence electrons. The number of H-pyrrole nitrogens is 1. The van der Waals surface area contributed by atoms with E-state index < -0.39 is 0 Å². The lowest BCUT2D eigenvalue weighted by Gasteiger charge is -2.35. The molecule has 0 aliphatic carbocycles. The normalized spacial score (nSPS) is 14.8. The van der Waals surface area contributed by atoms with Crippen molar-refractivity contribution in [3.63, 3.8) is 0 Å². The number of aromatic nitrogens is 6. The molecule has 1 fully saturated rings. The number of rotatable bonds is 2. The molecule has 10 heteroatoms. The molecule has 0 spiro atoms. The molecule has 3 aromatic heterocycles. The molecule has 0 unspecified atom stereocenters. The molecule has 0 amide bonds. The van der Waals surface area contributed by atoms with Gasteiger partial charge in [-0.2, -0.15) is 9.97 Å². The molecule has 1 N–H and O–H groups in total. The van der Waals surface area contributed by atoms with Crippen LogP contribution in [0.25, 0.3) is 11.2 Å². The first-order valence-corrected chi connectivity index (χ1v) is 7.32. The van der Waals surface area contributed by atoms with Crippen molar-refractivity contribution in [3.05, 3.63) is 30.1 Å².